The van der Waals surface area contributed by atoms with Gasteiger partial charge in [-0.2, -0.15) is 5.10 Å². The van der Waals surface area contributed by atoms with Gasteiger partial charge in [-0.1, -0.05) is 12.1 Å². The average molecular weight is 248 g/mol. The predicted octanol–water partition coefficient (Wildman–Crippen LogP) is 3.05. The maximum absolute atomic E-state index is 13.0. The van der Waals surface area contributed by atoms with Gasteiger partial charge in [0.05, 0.1) is 6.21 Å². The third-order valence-corrected chi connectivity index (χ3v) is 2.20. The number of hydrazone groups is 1. The van der Waals surface area contributed by atoms with Crippen molar-refractivity contribution in [2.24, 2.45) is 10.9 Å². The Bertz CT molecular complexity index is 565. The maximum Gasteiger partial charge on any atom is 0.136 e. The van der Waals surface area contributed by atoms with E-state index in [-0.39, 0.29) is 5.75 Å². The van der Waals surface area contributed by atoms with Crippen molar-refractivity contribution in [3.63, 3.8) is 0 Å². The van der Waals surface area contributed by atoms with Gasteiger partial charge in [-0.3, -0.25) is 0 Å². The highest BCUT2D eigenvalue weighted by Gasteiger charge is 2.05. The zero-order valence-electron chi connectivity index (χ0n) is 9.31. The van der Waals surface area contributed by atoms with Gasteiger partial charge in [0.1, 0.15) is 23.1 Å². The second kappa shape index (κ2) is 5.27. The van der Waals surface area contributed by atoms with Crippen LogP contribution >= 0.6 is 0 Å². The van der Waals surface area contributed by atoms with Crippen LogP contribution in [0.2, 0.25) is 0 Å². The molecule has 18 heavy (non-hydrogen) atoms. The van der Waals surface area contributed by atoms with E-state index >= 15 is 0 Å². The maximum atomic E-state index is 13.0. The van der Waals surface area contributed by atoms with E-state index in [2.05, 4.69) is 5.10 Å². The van der Waals surface area contributed by atoms with Gasteiger partial charge in [-0.15, -0.1) is 0 Å². The Labute approximate surface area is 103 Å². The fraction of sp³-hybridized carbons (Fsp3) is 0. The molecule has 0 saturated heterocycles. The molecule has 2 N–H and O–H groups in total. The normalized spacial score (nSPS) is 10.8. The zero-order valence-corrected chi connectivity index (χ0v) is 9.31. The molecule has 0 heterocycles. The summed E-state index contributed by atoms with van der Waals surface area (Å²) in [4.78, 5) is 0. The van der Waals surface area contributed by atoms with E-state index in [1.807, 2.05) is 0 Å². The Morgan fingerprint density at radius 3 is 2.39 bits per heavy atom. The second-order valence-corrected chi connectivity index (χ2v) is 3.52. The molecule has 0 atom stereocenters. The Morgan fingerprint density at radius 1 is 1.06 bits per heavy atom. The second-order valence-electron chi connectivity index (χ2n) is 3.52. The quantitative estimate of drug-likeness (QED) is 0.515. The van der Waals surface area contributed by atoms with Gasteiger partial charge in [0.2, 0.25) is 0 Å². The van der Waals surface area contributed by atoms with E-state index in [9.17, 15) is 8.78 Å². The number of para-hydroxylation sites is 1. The molecular weight excluding hydrogens is 238 g/mol. The summed E-state index contributed by atoms with van der Waals surface area (Å²) >= 11 is 0. The first-order chi connectivity index (χ1) is 8.69. The Balaban J connectivity index is 2.33. The lowest BCUT2D eigenvalue weighted by Crippen LogP contribution is -1.93. The molecule has 0 spiro atoms. The van der Waals surface area contributed by atoms with E-state index < -0.39 is 11.6 Å². The summed E-state index contributed by atoms with van der Waals surface area (Å²) in [5, 5.41) is 3.39. The van der Waals surface area contributed by atoms with Gasteiger partial charge in [0.15, 0.2) is 0 Å². The molecular formula is C13H10F2N2O. The summed E-state index contributed by atoms with van der Waals surface area (Å²) in [6.07, 6.45) is 1.39. The van der Waals surface area contributed by atoms with Crippen LogP contribution in [0, 0.1) is 11.6 Å². The molecule has 2 aromatic rings. The van der Waals surface area contributed by atoms with Crippen LogP contribution in [0.4, 0.5) is 8.78 Å². The highest BCUT2D eigenvalue weighted by Crippen LogP contribution is 2.25. The first-order valence-electron chi connectivity index (χ1n) is 5.15. The average Bonchev–Trinajstić information content (AvgIpc) is 2.30. The molecule has 92 valence electrons. The molecule has 2 aromatic carbocycles. The van der Waals surface area contributed by atoms with Gasteiger partial charge in [0, 0.05) is 23.8 Å². The smallest absolute Gasteiger partial charge is 0.136 e. The Morgan fingerprint density at radius 2 is 1.72 bits per heavy atom. The van der Waals surface area contributed by atoms with Crippen molar-refractivity contribution in [2.45, 2.75) is 0 Å². The number of hydrogen-bond donors (Lipinski definition) is 1. The molecule has 0 aliphatic heterocycles. The zero-order chi connectivity index (χ0) is 13.0. The van der Waals surface area contributed by atoms with E-state index in [1.54, 1.807) is 24.3 Å². The molecule has 5 heteroatoms. The fourth-order valence-corrected chi connectivity index (χ4v) is 1.47. The summed E-state index contributed by atoms with van der Waals surface area (Å²) in [6.45, 7) is 0. The van der Waals surface area contributed by atoms with E-state index in [1.165, 1.54) is 6.21 Å². The number of benzene rings is 2. The van der Waals surface area contributed by atoms with Crippen molar-refractivity contribution in [1.29, 1.82) is 0 Å². The molecule has 3 nitrogen and oxygen atoms in total. The summed E-state index contributed by atoms with van der Waals surface area (Å²) < 4.78 is 31.4. The topological polar surface area (TPSA) is 47.6 Å². The monoisotopic (exact) mass is 248 g/mol. The highest BCUT2D eigenvalue weighted by molar-refractivity contribution is 5.83. The van der Waals surface area contributed by atoms with Crippen molar-refractivity contribution in [3.8, 4) is 11.5 Å². The van der Waals surface area contributed by atoms with Gasteiger partial charge in [-0.25, -0.2) is 8.78 Å². The summed E-state index contributed by atoms with van der Waals surface area (Å²) in [5.41, 5.74) is 0.615. The van der Waals surface area contributed by atoms with Crippen LogP contribution in [0.1, 0.15) is 5.56 Å². The lowest BCUT2D eigenvalue weighted by molar-refractivity contribution is 0.467. The van der Waals surface area contributed by atoms with E-state index in [0.717, 1.165) is 18.2 Å². The van der Waals surface area contributed by atoms with Gasteiger partial charge < -0.3 is 10.6 Å². The molecule has 0 amide bonds. The molecule has 2 rings (SSSR count). The lowest BCUT2D eigenvalue weighted by atomic mass is 10.2. The van der Waals surface area contributed by atoms with Crippen molar-refractivity contribution in [3.05, 3.63) is 59.7 Å². The Kier molecular flexibility index (Phi) is 3.52. The van der Waals surface area contributed by atoms with Crippen LogP contribution in [0.5, 0.6) is 11.5 Å². The van der Waals surface area contributed by atoms with E-state index in [0.29, 0.717) is 11.3 Å². The van der Waals surface area contributed by atoms with Gasteiger partial charge in [0.25, 0.3) is 0 Å². The molecule has 0 bridgehead atoms. The fourth-order valence-electron chi connectivity index (χ4n) is 1.47. The van der Waals surface area contributed by atoms with Crippen molar-refractivity contribution in [1.82, 2.24) is 0 Å². The highest BCUT2D eigenvalue weighted by atomic mass is 19.1. The first-order valence-corrected chi connectivity index (χ1v) is 5.15. The standard InChI is InChI=1S/C13H10F2N2O/c14-10-5-11(15)7-12(6-10)18-13-4-2-1-3-9(13)8-17-16/h1-8H,16H2. The first kappa shape index (κ1) is 12.0. The van der Waals surface area contributed by atoms with Gasteiger partial charge in [-0.05, 0) is 12.1 Å². The van der Waals surface area contributed by atoms with Crippen LogP contribution in [0.3, 0.4) is 0 Å². The summed E-state index contributed by atoms with van der Waals surface area (Å²) in [6, 6.07) is 9.86. The number of ether oxygens (including phenoxy) is 1. The van der Waals surface area contributed by atoms with Crippen LogP contribution in [-0.2, 0) is 0 Å². The molecule has 0 fully saturated rings. The van der Waals surface area contributed by atoms with Crippen LogP contribution in [0.15, 0.2) is 47.6 Å². The van der Waals surface area contributed by atoms with Crippen molar-refractivity contribution in [2.75, 3.05) is 0 Å². The minimum Gasteiger partial charge on any atom is -0.456 e. The third kappa shape index (κ3) is 2.82. The third-order valence-electron chi connectivity index (χ3n) is 2.20. The van der Waals surface area contributed by atoms with Crippen LogP contribution in [0.25, 0.3) is 0 Å². The number of nitrogens with zero attached hydrogens (tertiary/aromatic N) is 1. The predicted molar refractivity (Wildman–Crippen MR) is 64.7 cm³/mol. The summed E-state index contributed by atoms with van der Waals surface area (Å²) in [7, 11) is 0. The molecule has 0 saturated carbocycles. The largest absolute Gasteiger partial charge is 0.456 e. The SMILES string of the molecule is NN=Cc1ccccc1Oc1cc(F)cc(F)c1. The minimum atomic E-state index is -0.699. The number of hydrogen-bond acceptors (Lipinski definition) is 3. The molecule has 0 radical (unpaired) electrons. The van der Waals surface area contributed by atoms with Crippen molar-refractivity contribution >= 4 is 6.21 Å². The molecule has 0 aromatic heterocycles. The molecule has 0 aliphatic rings. The number of nitrogens with two attached hydrogens (primary N) is 1. The summed E-state index contributed by atoms with van der Waals surface area (Å²) in [5.74, 6) is 4.15. The molecule has 0 unspecified atom stereocenters. The minimum absolute atomic E-state index is 0.0744. The van der Waals surface area contributed by atoms with Crippen LogP contribution < -0.4 is 10.6 Å². The van der Waals surface area contributed by atoms with Crippen molar-refractivity contribution < 1.29 is 13.5 Å². The van der Waals surface area contributed by atoms with Crippen LogP contribution in [-0.4, -0.2) is 6.21 Å². The molecule has 0 aliphatic carbocycles. The number of rotatable bonds is 3. The van der Waals surface area contributed by atoms with E-state index in [4.69, 9.17) is 10.6 Å². The van der Waals surface area contributed by atoms with Gasteiger partial charge >= 0.3 is 0 Å². The Hall–Kier alpha value is -2.43. The number of halogens is 2. The lowest BCUT2D eigenvalue weighted by Gasteiger charge is -2.08.